The van der Waals surface area contributed by atoms with Gasteiger partial charge < -0.3 is 132 Å². The first-order valence-corrected chi connectivity index (χ1v) is 45.2. The fourth-order valence-corrected chi connectivity index (χ4v) is 15.2. The van der Waals surface area contributed by atoms with Crippen LogP contribution in [0.4, 0.5) is 0 Å². The maximum Gasteiger partial charge on any atom is 0.326 e. The van der Waals surface area contributed by atoms with Gasteiger partial charge in [0.05, 0.1) is 45.1 Å². The number of primary amides is 2. The van der Waals surface area contributed by atoms with Gasteiger partial charge in [0, 0.05) is 38.1 Å². The molecule has 0 unspecified atom stereocenters. The number of thiol groups is 1. The molecule has 3 aromatic carbocycles. The van der Waals surface area contributed by atoms with Gasteiger partial charge in [-0.25, -0.2) is 4.79 Å². The van der Waals surface area contributed by atoms with Crippen molar-refractivity contribution in [2.75, 3.05) is 38.7 Å². The van der Waals surface area contributed by atoms with Crippen LogP contribution >= 0.6 is 12.6 Å². The number of nitrogens with one attached hydrogen (secondary N) is 14. The monoisotopic (exact) mass is 1910 g/mol. The van der Waals surface area contributed by atoms with E-state index in [-0.39, 0.29) is 101 Å². The summed E-state index contributed by atoms with van der Waals surface area (Å²) in [6.45, 7) is 12.9. The van der Waals surface area contributed by atoms with Crippen LogP contribution < -0.4 is 91.6 Å². The van der Waals surface area contributed by atoms with Crippen LogP contribution in [0.5, 0.6) is 5.75 Å². The van der Waals surface area contributed by atoms with E-state index in [1.165, 1.54) is 38.1 Å². The van der Waals surface area contributed by atoms with Crippen molar-refractivity contribution < 1.29 is 127 Å². The number of hydrogen-bond acceptors (Lipinski definition) is 26. The van der Waals surface area contributed by atoms with E-state index in [1.54, 1.807) is 116 Å². The third-order valence-corrected chi connectivity index (χ3v) is 22.4. The molecular weight excluding hydrogens is 1780 g/mol. The van der Waals surface area contributed by atoms with E-state index >= 15 is 0 Å². The molecule has 0 spiro atoms. The zero-order valence-corrected chi connectivity index (χ0v) is 78.0. The Labute approximate surface area is 786 Å². The number of aliphatic carboxylic acids is 2. The summed E-state index contributed by atoms with van der Waals surface area (Å²) in [6, 6.07) is -5.31. The number of nitrogens with two attached hydrogens (primary N) is 3. The SMILES string of the molecule is CC(C)C[C@H](NC(=O)[C@H](Cc1ccccc1)NC(=O)[C@H](CC(N)=O)NC(=O)[C@@H]1CCCN1C(=O)[C@H](CO)NC(=O)[C@H](CO)NC(=O)[C@H](Cc1ccccc1)NC(=O)[C@H](CS)NC(=O)[C@H](Cc1ccc(O)cc1)NC(=O)[C@H](CC(C)C)NC(=O)[C@@H](NC(=O)[C@@H]1CCCN1C(=O)[C@H](CC(=O)O)NC(=O)[C@H](CC(C)C)NC(=O)[C@@H](NC(=O)[C@H](CO)NC(=O)[C@@H](N)CC(N)=O)C(C)C)C(C)C)C(=O)O. The van der Waals surface area contributed by atoms with Crippen molar-refractivity contribution in [3.63, 3.8) is 0 Å². The minimum Gasteiger partial charge on any atom is -0.508 e. The number of carboxylic acid groups (broad SMARTS) is 2. The second-order valence-electron chi connectivity index (χ2n) is 35.3. The molecule has 135 heavy (non-hydrogen) atoms. The molecular formula is C89H131N19O26S. The fraction of sp³-hybridized carbons (Fsp3) is 0.573. The van der Waals surface area contributed by atoms with Gasteiger partial charge in [-0.3, -0.25) is 91.1 Å². The van der Waals surface area contributed by atoms with Crippen molar-refractivity contribution in [2.45, 2.75) is 255 Å². The van der Waals surface area contributed by atoms with Crippen molar-refractivity contribution in [1.82, 2.24) is 84.2 Å². The topological polar surface area (TPSA) is 716 Å². The number of aromatic hydroxyl groups is 1. The number of carbonyl (C=O) groups is 20. The van der Waals surface area contributed by atoms with Crippen LogP contribution in [0.3, 0.4) is 0 Å². The predicted molar refractivity (Wildman–Crippen MR) is 487 cm³/mol. The second kappa shape index (κ2) is 55.0. The van der Waals surface area contributed by atoms with Gasteiger partial charge >= 0.3 is 11.9 Å². The summed E-state index contributed by atoms with van der Waals surface area (Å²) in [5, 5.41) is 96.2. The summed E-state index contributed by atoms with van der Waals surface area (Å²) in [6.07, 6.45) is -3.24. The molecule has 0 aromatic heterocycles. The van der Waals surface area contributed by atoms with Gasteiger partial charge in [0.25, 0.3) is 0 Å². The van der Waals surface area contributed by atoms with E-state index in [0.29, 0.717) is 16.7 Å². The van der Waals surface area contributed by atoms with Crippen LogP contribution in [-0.2, 0) is 115 Å². The molecule has 2 heterocycles. The van der Waals surface area contributed by atoms with Crippen LogP contribution in [0.2, 0.25) is 0 Å². The Kier molecular flexibility index (Phi) is 45.9. The Morgan fingerprint density at radius 2 is 0.674 bits per heavy atom. The second-order valence-corrected chi connectivity index (χ2v) is 35.7. The predicted octanol–water partition coefficient (Wildman–Crippen LogP) is -5.82. The van der Waals surface area contributed by atoms with E-state index in [1.807, 2.05) is 0 Å². The normalized spacial score (nSPS) is 16.9. The zero-order chi connectivity index (χ0) is 101. The molecule has 5 rings (SSSR count). The lowest BCUT2D eigenvalue weighted by Gasteiger charge is -2.32. The quantitative estimate of drug-likeness (QED) is 0.0234. The van der Waals surface area contributed by atoms with Gasteiger partial charge in [-0.2, -0.15) is 12.6 Å². The number of rotatable bonds is 55. The number of nitrogens with zero attached hydrogens (tertiary/aromatic N) is 2. The molecule has 744 valence electrons. The number of carbonyl (C=O) groups excluding carboxylic acids is 18. The van der Waals surface area contributed by atoms with Crippen LogP contribution in [-0.4, -0.2) is 300 Å². The van der Waals surface area contributed by atoms with E-state index in [2.05, 4.69) is 87.1 Å². The molecule has 26 N–H and O–H groups in total. The summed E-state index contributed by atoms with van der Waals surface area (Å²) >= 11 is 4.36. The Morgan fingerprint density at radius 1 is 0.356 bits per heavy atom. The summed E-state index contributed by atoms with van der Waals surface area (Å²) < 4.78 is 0. The van der Waals surface area contributed by atoms with E-state index < -0.39 is 278 Å². The Bertz CT molecular complexity index is 4630. The van der Waals surface area contributed by atoms with Gasteiger partial charge in [0.2, 0.25) is 106 Å². The maximum atomic E-state index is 14.8. The molecule has 46 heteroatoms. The smallest absolute Gasteiger partial charge is 0.326 e. The highest BCUT2D eigenvalue weighted by Crippen LogP contribution is 2.24. The lowest BCUT2D eigenvalue weighted by atomic mass is 9.98. The van der Waals surface area contributed by atoms with Crippen molar-refractivity contribution in [2.24, 2.45) is 46.8 Å². The molecule has 45 nitrogen and oxygen atoms in total. The molecule has 2 saturated heterocycles. The summed E-state index contributed by atoms with van der Waals surface area (Å²) in [5.74, 6) is -24.4. The van der Waals surface area contributed by atoms with Gasteiger partial charge in [-0.1, -0.05) is 142 Å². The molecule has 17 atom stereocenters. The van der Waals surface area contributed by atoms with Crippen LogP contribution in [0.25, 0.3) is 0 Å². The molecule has 0 radical (unpaired) electrons. The number of hydrogen-bond donors (Lipinski definition) is 24. The summed E-state index contributed by atoms with van der Waals surface area (Å²) in [5.41, 5.74) is 17.7. The third kappa shape index (κ3) is 36.4. The van der Waals surface area contributed by atoms with Gasteiger partial charge in [-0.15, -0.1) is 0 Å². The first-order valence-electron chi connectivity index (χ1n) is 44.5. The molecule has 0 aliphatic carbocycles. The first-order chi connectivity index (χ1) is 63.6. The minimum atomic E-state index is -1.94. The molecule has 18 amide bonds. The van der Waals surface area contributed by atoms with E-state index in [0.717, 1.165) is 9.80 Å². The van der Waals surface area contributed by atoms with Crippen molar-refractivity contribution >= 4 is 131 Å². The number of amides is 18. The summed E-state index contributed by atoms with van der Waals surface area (Å²) in [4.78, 5) is 278. The minimum absolute atomic E-state index is 0.0266. The highest BCUT2D eigenvalue weighted by molar-refractivity contribution is 7.80. The number of likely N-dealkylation sites (tertiary alicyclic amines) is 2. The van der Waals surface area contributed by atoms with Crippen molar-refractivity contribution in [1.29, 1.82) is 0 Å². The molecule has 0 saturated carbocycles. The molecule has 0 bridgehead atoms. The summed E-state index contributed by atoms with van der Waals surface area (Å²) in [7, 11) is 0. The number of aliphatic hydroxyl groups is 3. The zero-order valence-electron chi connectivity index (χ0n) is 77.1. The third-order valence-electron chi connectivity index (χ3n) is 22.0. The Balaban J connectivity index is 1.31. The highest BCUT2D eigenvalue weighted by Gasteiger charge is 2.45. The first kappa shape index (κ1) is 113. The Hall–Kier alpha value is -12.9. The lowest BCUT2D eigenvalue weighted by molar-refractivity contribution is -0.146. The molecule has 2 fully saturated rings. The van der Waals surface area contributed by atoms with Crippen molar-refractivity contribution in [3.05, 3.63) is 102 Å². The number of benzene rings is 3. The largest absolute Gasteiger partial charge is 0.508 e. The van der Waals surface area contributed by atoms with Crippen LogP contribution in [0.1, 0.15) is 150 Å². The standard InChI is InChI=1S/C89H131N19O26S/c1-44(2)31-54(97-86(130)72(48(9)10)106-84(128)67-24-18-29-107(67)87(131)60(39-70(115)116)99-75(119)55(32-45(3)4)98-85(129)71(47(7)8)105-81(125)63(41-110)101-73(117)53(90)37-68(91)113)74(118)93-58(36-51-25-27-52(112)28-26-51)78(122)104-65(43-135)82(126)95-57(35-50-21-15-12-16-22-50)77(121)102-62(40-109)80(124)103-64(42-111)88(132)108-30-17-23-66(108)83(127)96-59(38-69(92)114)79(123)94-56(34-49-19-13-11-14-20-49)76(120)100-61(89(133)134)33-46(5)6/h11-16,19-22,25-28,44-48,53-67,71-72,109-112,135H,17-18,23-24,29-43,90H2,1-10H3,(H2,91,113)(H2,92,114)(H,93,118)(H,94,123)(H,95,126)(H,96,127)(H,97,130)(H,98,129)(H,99,119)(H,100,120)(H,101,117)(H,102,121)(H,103,124)(H,104,122)(H,105,125)(H,106,128)(H,115,116)(H,133,134)/t53-,54-,55-,56-,57-,58-,59-,60-,61-,62-,63-,64-,65-,66-,67-,71-,72-/m0/s1. The maximum absolute atomic E-state index is 14.8. The van der Waals surface area contributed by atoms with Crippen LogP contribution in [0, 0.1) is 29.6 Å². The number of phenols is 1. The average molecular weight is 1920 g/mol. The molecule has 3 aromatic rings. The number of phenolic OH excluding ortho intramolecular Hbond substituents is 1. The van der Waals surface area contributed by atoms with Crippen molar-refractivity contribution in [3.8, 4) is 5.75 Å². The molecule has 2 aliphatic heterocycles. The van der Waals surface area contributed by atoms with E-state index in [9.17, 15) is 127 Å². The van der Waals surface area contributed by atoms with Gasteiger partial charge in [0.15, 0.2) is 0 Å². The van der Waals surface area contributed by atoms with Gasteiger partial charge in [-0.05, 0) is 103 Å². The average Bonchev–Trinajstić information content (AvgIpc) is 1.74. The number of aliphatic hydroxyl groups excluding tert-OH is 3. The highest BCUT2D eigenvalue weighted by atomic mass is 32.1. The Morgan fingerprint density at radius 3 is 1.07 bits per heavy atom. The molecule has 2 aliphatic rings. The van der Waals surface area contributed by atoms with E-state index in [4.69, 9.17) is 17.2 Å². The number of carboxylic acids is 2. The van der Waals surface area contributed by atoms with Gasteiger partial charge in [0.1, 0.15) is 102 Å². The van der Waals surface area contributed by atoms with Crippen LogP contribution in [0.15, 0.2) is 84.9 Å². The fourth-order valence-electron chi connectivity index (χ4n) is 15.0. The lowest BCUT2D eigenvalue weighted by Crippen LogP contribution is -2.62.